The van der Waals surface area contributed by atoms with Crippen molar-refractivity contribution in [1.29, 1.82) is 0 Å². The molecule has 2 amide bonds. The average molecular weight is 500 g/mol. The van der Waals surface area contributed by atoms with Crippen molar-refractivity contribution in [2.24, 2.45) is 17.4 Å². The summed E-state index contributed by atoms with van der Waals surface area (Å²) in [4.78, 5) is 28.9. The Hall–Kier alpha value is -3.64. The molecule has 0 saturated heterocycles. The van der Waals surface area contributed by atoms with Crippen molar-refractivity contribution in [1.82, 2.24) is 4.90 Å². The standard InChI is InChI=1S/C31H37N3O3/c1-22(24-16-18-27(19-17-24)37-21-23-14-15-23)34(28(30(33)35)13-8-20-32)31(36)29(25-9-4-2-5-10-25)26-11-6-3-7-12-26/h2-7,9-12,16-19,22-23,28-29H,8,13-15,20-21,32H2,1H3,(H2,33,35)/t22-,28-/m1/s1. The van der Waals surface area contributed by atoms with Crippen LogP contribution in [0.4, 0.5) is 0 Å². The molecule has 6 nitrogen and oxygen atoms in total. The quantitative estimate of drug-likeness (QED) is 0.353. The zero-order valence-corrected chi connectivity index (χ0v) is 21.5. The van der Waals surface area contributed by atoms with Gasteiger partial charge in [-0.05, 0) is 73.9 Å². The van der Waals surface area contributed by atoms with E-state index in [-0.39, 0.29) is 5.91 Å². The smallest absolute Gasteiger partial charge is 0.240 e. The minimum absolute atomic E-state index is 0.167. The molecule has 0 unspecified atom stereocenters. The molecule has 1 aliphatic rings. The van der Waals surface area contributed by atoms with Crippen molar-refractivity contribution >= 4 is 11.8 Å². The predicted molar refractivity (Wildman–Crippen MR) is 146 cm³/mol. The van der Waals surface area contributed by atoms with Crippen molar-refractivity contribution < 1.29 is 14.3 Å². The van der Waals surface area contributed by atoms with E-state index in [0.717, 1.165) is 29.0 Å². The maximum absolute atomic E-state index is 14.5. The number of carbonyl (C=O) groups excluding carboxylic acids is 2. The largest absolute Gasteiger partial charge is 0.493 e. The summed E-state index contributed by atoms with van der Waals surface area (Å²) in [6.07, 6.45) is 3.45. The molecule has 194 valence electrons. The first kappa shape index (κ1) is 26.4. The molecular formula is C31H37N3O3. The highest BCUT2D eigenvalue weighted by atomic mass is 16.5. The summed E-state index contributed by atoms with van der Waals surface area (Å²) in [5.41, 5.74) is 14.3. The van der Waals surface area contributed by atoms with Gasteiger partial charge in [-0.2, -0.15) is 0 Å². The van der Waals surface area contributed by atoms with E-state index in [1.807, 2.05) is 91.9 Å². The molecule has 1 fully saturated rings. The van der Waals surface area contributed by atoms with E-state index >= 15 is 0 Å². The van der Waals surface area contributed by atoms with Gasteiger partial charge in [0, 0.05) is 0 Å². The Morgan fingerprint density at radius 2 is 1.46 bits per heavy atom. The molecule has 0 bridgehead atoms. The van der Waals surface area contributed by atoms with Crippen LogP contribution in [0.1, 0.15) is 61.3 Å². The summed E-state index contributed by atoms with van der Waals surface area (Å²) >= 11 is 0. The van der Waals surface area contributed by atoms with Gasteiger partial charge in [0.1, 0.15) is 11.8 Å². The van der Waals surface area contributed by atoms with Crippen LogP contribution in [0.25, 0.3) is 0 Å². The fraction of sp³-hybridized carbons (Fsp3) is 0.355. The van der Waals surface area contributed by atoms with Crippen LogP contribution in [0.2, 0.25) is 0 Å². The van der Waals surface area contributed by atoms with E-state index in [9.17, 15) is 9.59 Å². The number of carbonyl (C=O) groups is 2. The van der Waals surface area contributed by atoms with E-state index in [1.165, 1.54) is 12.8 Å². The van der Waals surface area contributed by atoms with Crippen LogP contribution in [0.5, 0.6) is 5.75 Å². The zero-order chi connectivity index (χ0) is 26.2. The van der Waals surface area contributed by atoms with Gasteiger partial charge < -0.3 is 21.1 Å². The molecule has 0 aromatic heterocycles. The van der Waals surface area contributed by atoms with Crippen LogP contribution in [0.3, 0.4) is 0 Å². The highest BCUT2D eigenvalue weighted by molar-refractivity contribution is 5.92. The van der Waals surface area contributed by atoms with E-state index in [1.54, 1.807) is 4.90 Å². The molecule has 6 heteroatoms. The van der Waals surface area contributed by atoms with Crippen LogP contribution in [0, 0.1) is 5.92 Å². The Labute approximate surface area is 219 Å². The Bertz CT molecular complexity index is 1110. The lowest BCUT2D eigenvalue weighted by Gasteiger charge is -2.38. The van der Waals surface area contributed by atoms with Crippen molar-refractivity contribution in [2.75, 3.05) is 13.2 Å². The predicted octanol–water partition coefficient (Wildman–Crippen LogP) is 4.79. The van der Waals surface area contributed by atoms with Gasteiger partial charge in [-0.15, -0.1) is 0 Å². The van der Waals surface area contributed by atoms with Gasteiger partial charge in [0.15, 0.2) is 0 Å². The second-order valence-corrected chi connectivity index (χ2v) is 9.85. The Morgan fingerprint density at radius 3 is 1.95 bits per heavy atom. The number of nitrogens with two attached hydrogens (primary N) is 2. The molecule has 4 rings (SSSR count). The maximum atomic E-state index is 14.5. The van der Waals surface area contributed by atoms with Crippen LogP contribution in [-0.4, -0.2) is 35.9 Å². The second kappa shape index (κ2) is 12.5. The van der Waals surface area contributed by atoms with Crippen LogP contribution in [0.15, 0.2) is 84.9 Å². The molecule has 0 radical (unpaired) electrons. The molecule has 4 N–H and O–H groups in total. The van der Waals surface area contributed by atoms with E-state index in [4.69, 9.17) is 16.2 Å². The van der Waals surface area contributed by atoms with Crippen LogP contribution < -0.4 is 16.2 Å². The Balaban J connectivity index is 1.70. The lowest BCUT2D eigenvalue weighted by atomic mass is 9.88. The Kier molecular flexibility index (Phi) is 8.96. The van der Waals surface area contributed by atoms with Crippen molar-refractivity contribution in [3.05, 3.63) is 102 Å². The normalized spacial score (nSPS) is 14.7. The van der Waals surface area contributed by atoms with Crippen molar-refractivity contribution in [2.45, 2.75) is 50.6 Å². The zero-order valence-electron chi connectivity index (χ0n) is 21.5. The van der Waals surface area contributed by atoms with Gasteiger partial charge in [-0.25, -0.2) is 0 Å². The fourth-order valence-electron chi connectivity index (χ4n) is 4.76. The lowest BCUT2D eigenvalue weighted by molar-refractivity contribution is -0.142. The molecule has 1 saturated carbocycles. The number of nitrogens with zero attached hydrogens (tertiary/aromatic N) is 1. The summed E-state index contributed by atoms with van der Waals surface area (Å²) in [5, 5.41) is 0. The molecule has 37 heavy (non-hydrogen) atoms. The molecule has 0 heterocycles. The molecule has 3 aromatic carbocycles. The Morgan fingerprint density at radius 1 is 0.892 bits per heavy atom. The number of rotatable bonds is 13. The first-order chi connectivity index (χ1) is 18.0. The lowest BCUT2D eigenvalue weighted by Crippen LogP contribution is -2.50. The molecule has 1 aliphatic carbocycles. The summed E-state index contributed by atoms with van der Waals surface area (Å²) < 4.78 is 5.90. The van der Waals surface area contributed by atoms with E-state index < -0.39 is 23.9 Å². The van der Waals surface area contributed by atoms with Crippen molar-refractivity contribution in [3.8, 4) is 5.75 Å². The number of hydrogen-bond acceptors (Lipinski definition) is 4. The van der Waals surface area contributed by atoms with Gasteiger partial charge in [0.05, 0.1) is 18.6 Å². The fourth-order valence-corrected chi connectivity index (χ4v) is 4.76. The number of hydrogen-bond donors (Lipinski definition) is 2. The second-order valence-electron chi connectivity index (χ2n) is 9.85. The third kappa shape index (κ3) is 6.77. The number of primary amides is 1. The molecule has 2 atom stereocenters. The SMILES string of the molecule is C[C@H](c1ccc(OCC2CC2)cc1)N(C(=O)C(c1ccccc1)c1ccccc1)[C@H](CCCN)C(N)=O. The summed E-state index contributed by atoms with van der Waals surface area (Å²) in [6, 6.07) is 26.0. The number of ether oxygens (including phenoxy) is 1. The van der Waals surface area contributed by atoms with E-state index in [2.05, 4.69) is 0 Å². The third-order valence-corrected chi connectivity index (χ3v) is 7.08. The first-order valence-electron chi connectivity index (χ1n) is 13.1. The van der Waals surface area contributed by atoms with E-state index in [0.29, 0.717) is 25.3 Å². The van der Waals surface area contributed by atoms with Gasteiger partial charge in [0.25, 0.3) is 0 Å². The number of amides is 2. The minimum atomic E-state index is -0.785. The molecule has 3 aromatic rings. The van der Waals surface area contributed by atoms with Gasteiger partial charge >= 0.3 is 0 Å². The molecule has 0 spiro atoms. The molecular weight excluding hydrogens is 462 g/mol. The van der Waals surface area contributed by atoms with Gasteiger partial charge in [-0.1, -0.05) is 72.8 Å². The van der Waals surface area contributed by atoms with Gasteiger partial charge in [-0.3, -0.25) is 9.59 Å². The molecule has 0 aliphatic heterocycles. The van der Waals surface area contributed by atoms with Gasteiger partial charge in [0.2, 0.25) is 11.8 Å². The minimum Gasteiger partial charge on any atom is -0.493 e. The highest BCUT2D eigenvalue weighted by Crippen LogP contribution is 2.34. The topological polar surface area (TPSA) is 98.7 Å². The first-order valence-corrected chi connectivity index (χ1v) is 13.1. The van der Waals surface area contributed by atoms with Crippen molar-refractivity contribution in [3.63, 3.8) is 0 Å². The summed E-state index contributed by atoms with van der Waals surface area (Å²) in [6.45, 7) is 3.09. The monoisotopic (exact) mass is 499 g/mol. The van der Waals surface area contributed by atoms with Crippen LogP contribution >= 0.6 is 0 Å². The average Bonchev–Trinajstić information content (AvgIpc) is 3.76. The third-order valence-electron chi connectivity index (χ3n) is 7.08. The van der Waals surface area contributed by atoms with Crippen LogP contribution in [-0.2, 0) is 9.59 Å². The summed E-state index contributed by atoms with van der Waals surface area (Å²) in [5.74, 6) is 0.198. The highest BCUT2D eigenvalue weighted by Gasteiger charge is 2.37. The summed E-state index contributed by atoms with van der Waals surface area (Å²) in [7, 11) is 0. The number of benzene rings is 3. The maximum Gasteiger partial charge on any atom is 0.240 e.